The molecular weight excluding hydrogens is 302 g/mol. The molecule has 0 spiro atoms. The third-order valence-corrected chi connectivity index (χ3v) is 4.25. The molecule has 3 aromatic carbocycles. The molecule has 0 fully saturated rings. The molecule has 0 unspecified atom stereocenters. The van der Waals surface area contributed by atoms with Gasteiger partial charge >= 0.3 is 0 Å². The second-order valence-corrected chi connectivity index (χ2v) is 6.10. The Morgan fingerprint density at radius 2 is 1.12 bits per heavy atom. The molecule has 0 atom stereocenters. The van der Waals surface area contributed by atoms with E-state index in [-0.39, 0.29) is 0 Å². The molecule has 0 aliphatic heterocycles. The van der Waals surface area contributed by atoms with Crippen LogP contribution in [0.4, 0.5) is 8.78 Å². The molecule has 0 bridgehead atoms. The summed E-state index contributed by atoms with van der Waals surface area (Å²) in [6.45, 7) is 4.08. The lowest BCUT2D eigenvalue weighted by atomic mass is 9.97. The molecule has 3 aromatic rings. The standard InChI is InChI=1S/C22H20F2/c1-3-4-16-7-11-18(12-8-16)20-14-13-19(21(23)22(20)24)17-9-5-15(2)6-10-17/h5-14H,3-4H2,1-2H3. The highest BCUT2D eigenvalue weighted by Crippen LogP contribution is 2.31. The van der Waals surface area contributed by atoms with Crippen molar-refractivity contribution >= 4 is 0 Å². The van der Waals surface area contributed by atoms with Gasteiger partial charge in [-0.2, -0.15) is 0 Å². The van der Waals surface area contributed by atoms with E-state index >= 15 is 0 Å². The number of aryl methyl sites for hydroxylation is 2. The number of hydrogen-bond acceptors (Lipinski definition) is 0. The number of benzene rings is 3. The molecule has 0 aliphatic rings. The van der Waals surface area contributed by atoms with Gasteiger partial charge in [0.15, 0.2) is 11.6 Å². The summed E-state index contributed by atoms with van der Waals surface area (Å²) < 4.78 is 29.1. The van der Waals surface area contributed by atoms with Gasteiger partial charge in [-0.05, 0) is 30.0 Å². The van der Waals surface area contributed by atoms with Crippen LogP contribution in [0.2, 0.25) is 0 Å². The van der Waals surface area contributed by atoms with Crippen molar-refractivity contribution in [1.82, 2.24) is 0 Å². The maximum Gasteiger partial charge on any atom is 0.167 e. The smallest absolute Gasteiger partial charge is 0.167 e. The van der Waals surface area contributed by atoms with Crippen LogP contribution in [-0.2, 0) is 6.42 Å². The van der Waals surface area contributed by atoms with Crippen LogP contribution in [0.3, 0.4) is 0 Å². The van der Waals surface area contributed by atoms with Crippen LogP contribution in [0, 0.1) is 18.6 Å². The molecule has 0 heterocycles. The molecule has 2 heteroatoms. The van der Waals surface area contributed by atoms with E-state index in [1.165, 1.54) is 5.56 Å². The van der Waals surface area contributed by atoms with Crippen molar-refractivity contribution in [2.45, 2.75) is 26.7 Å². The summed E-state index contributed by atoms with van der Waals surface area (Å²) in [7, 11) is 0. The van der Waals surface area contributed by atoms with Gasteiger partial charge in [0, 0.05) is 11.1 Å². The van der Waals surface area contributed by atoms with E-state index in [1.807, 2.05) is 55.5 Å². The van der Waals surface area contributed by atoms with Gasteiger partial charge in [0.1, 0.15) is 0 Å². The summed E-state index contributed by atoms with van der Waals surface area (Å²) in [5.41, 5.74) is 4.26. The largest absolute Gasteiger partial charge is 0.203 e. The highest BCUT2D eigenvalue weighted by Gasteiger charge is 2.15. The molecule has 0 saturated carbocycles. The van der Waals surface area contributed by atoms with Crippen molar-refractivity contribution in [2.75, 3.05) is 0 Å². The first-order chi connectivity index (χ1) is 11.6. The average molecular weight is 322 g/mol. The monoisotopic (exact) mass is 322 g/mol. The second-order valence-electron chi connectivity index (χ2n) is 6.10. The van der Waals surface area contributed by atoms with Gasteiger partial charge in [-0.15, -0.1) is 0 Å². The zero-order valence-corrected chi connectivity index (χ0v) is 13.9. The fourth-order valence-electron chi connectivity index (χ4n) is 2.87. The van der Waals surface area contributed by atoms with Gasteiger partial charge in [0.2, 0.25) is 0 Å². The van der Waals surface area contributed by atoms with Crippen LogP contribution in [-0.4, -0.2) is 0 Å². The predicted octanol–water partition coefficient (Wildman–Crippen LogP) is 6.56. The highest BCUT2D eigenvalue weighted by atomic mass is 19.2. The van der Waals surface area contributed by atoms with Gasteiger partial charge in [-0.3, -0.25) is 0 Å². The maximum atomic E-state index is 14.6. The predicted molar refractivity (Wildman–Crippen MR) is 96.0 cm³/mol. The summed E-state index contributed by atoms with van der Waals surface area (Å²) in [5, 5.41) is 0. The summed E-state index contributed by atoms with van der Waals surface area (Å²) >= 11 is 0. The maximum absolute atomic E-state index is 14.6. The average Bonchev–Trinajstić information content (AvgIpc) is 2.59. The van der Waals surface area contributed by atoms with Crippen molar-refractivity contribution < 1.29 is 8.78 Å². The van der Waals surface area contributed by atoms with Crippen LogP contribution in [0.15, 0.2) is 60.7 Å². The van der Waals surface area contributed by atoms with Gasteiger partial charge in [0.05, 0.1) is 0 Å². The van der Waals surface area contributed by atoms with Crippen LogP contribution >= 0.6 is 0 Å². The quantitative estimate of drug-likeness (QED) is 0.510. The second kappa shape index (κ2) is 6.96. The zero-order valence-electron chi connectivity index (χ0n) is 13.9. The Morgan fingerprint density at radius 3 is 1.58 bits per heavy atom. The lowest BCUT2D eigenvalue weighted by molar-refractivity contribution is 0.514. The van der Waals surface area contributed by atoms with Crippen molar-refractivity contribution in [2.24, 2.45) is 0 Å². The zero-order chi connectivity index (χ0) is 17.1. The van der Waals surface area contributed by atoms with E-state index in [0.29, 0.717) is 22.3 Å². The van der Waals surface area contributed by atoms with E-state index in [4.69, 9.17) is 0 Å². The molecule has 0 nitrogen and oxygen atoms in total. The van der Waals surface area contributed by atoms with Gasteiger partial charge < -0.3 is 0 Å². The molecule has 0 aliphatic carbocycles. The first-order valence-corrected chi connectivity index (χ1v) is 8.24. The first-order valence-electron chi connectivity index (χ1n) is 8.24. The molecule has 0 aromatic heterocycles. The van der Waals surface area contributed by atoms with Crippen LogP contribution in [0.25, 0.3) is 22.3 Å². The van der Waals surface area contributed by atoms with Crippen molar-refractivity contribution in [3.63, 3.8) is 0 Å². The third-order valence-electron chi connectivity index (χ3n) is 4.25. The highest BCUT2D eigenvalue weighted by molar-refractivity contribution is 5.72. The molecule has 0 saturated heterocycles. The van der Waals surface area contributed by atoms with Crippen LogP contribution in [0.5, 0.6) is 0 Å². The minimum absolute atomic E-state index is 0.291. The van der Waals surface area contributed by atoms with Crippen molar-refractivity contribution in [3.8, 4) is 22.3 Å². The minimum atomic E-state index is -0.797. The summed E-state index contributed by atoms with van der Waals surface area (Å²) in [6.07, 6.45) is 2.05. The summed E-state index contributed by atoms with van der Waals surface area (Å²) in [4.78, 5) is 0. The van der Waals surface area contributed by atoms with Crippen LogP contribution < -0.4 is 0 Å². The number of hydrogen-bond donors (Lipinski definition) is 0. The Bertz CT molecular complexity index is 831. The SMILES string of the molecule is CCCc1ccc(-c2ccc(-c3ccc(C)cc3)c(F)c2F)cc1. The van der Waals surface area contributed by atoms with E-state index in [2.05, 4.69) is 6.92 Å². The molecule has 122 valence electrons. The Balaban J connectivity index is 1.99. The summed E-state index contributed by atoms with van der Waals surface area (Å²) in [6, 6.07) is 18.4. The fraction of sp³-hybridized carbons (Fsp3) is 0.182. The van der Waals surface area contributed by atoms with Crippen molar-refractivity contribution in [1.29, 1.82) is 0 Å². The minimum Gasteiger partial charge on any atom is -0.203 e. The Kier molecular flexibility index (Phi) is 4.75. The Hall–Kier alpha value is -2.48. The van der Waals surface area contributed by atoms with E-state index in [9.17, 15) is 8.78 Å². The van der Waals surface area contributed by atoms with Crippen LogP contribution in [0.1, 0.15) is 24.5 Å². The Morgan fingerprint density at radius 1 is 0.667 bits per heavy atom. The first kappa shape index (κ1) is 16.4. The topological polar surface area (TPSA) is 0 Å². The molecule has 0 radical (unpaired) electrons. The lowest BCUT2D eigenvalue weighted by Crippen LogP contribution is -1.94. The van der Waals surface area contributed by atoms with E-state index in [0.717, 1.165) is 18.4 Å². The normalized spacial score (nSPS) is 10.8. The number of rotatable bonds is 4. The Labute approximate surface area is 141 Å². The van der Waals surface area contributed by atoms with Gasteiger partial charge in [0.25, 0.3) is 0 Å². The lowest BCUT2D eigenvalue weighted by Gasteiger charge is -2.10. The third kappa shape index (κ3) is 3.23. The fourth-order valence-corrected chi connectivity index (χ4v) is 2.87. The molecule has 3 rings (SSSR count). The summed E-state index contributed by atoms with van der Waals surface area (Å²) in [5.74, 6) is -1.59. The van der Waals surface area contributed by atoms with E-state index < -0.39 is 11.6 Å². The van der Waals surface area contributed by atoms with Crippen molar-refractivity contribution in [3.05, 3.63) is 83.4 Å². The molecule has 0 amide bonds. The molecule has 24 heavy (non-hydrogen) atoms. The van der Waals surface area contributed by atoms with Gasteiger partial charge in [-0.25, -0.2) is 8.78 Å². The van der Waals surface area contributed by atoms with E-state index in [1.54, 1.807) is 12.1 Å². The molecule has 0 N–H and O–H groups in total. The molecular formula is C22H20F2. The van der Waals surface area contributed by atoms with Gasteiger partial charge in [-0.1, -0.05) is 79.6 Å². The number of halogens is 2.